The lowest BCUT2D eigenvalue weighted by Crippen LogP contribution is -2.35. The summed E-state index contributed by atoms with van der Waals surface area (Å²) in [6, 6.07) is 4.81. The van der Waals surface area contributed by atoms with Gasteiger partial charge in [-0.15, -0.1) is 0 Å². The highest BCUT2D eigenvalue weighted by Crippen LogP contribution is 2.25. The quantitative estimate of drug-likeness (QED) is 0.745. The Bertz CT molecular complexity index is 515. The van der Waals surface area contributed by atoms with E-state index in [4.69, 9.17) is 14.2 Å². The molecular formula is C16H23NO5. The molecule has 0 aliphatic rings. The molecule has 6 nitrogen and oxygen atoms in total. The van der Waals surface area contributed by atoms with Crippen LogP contribution in [-0.4, -0.2) is 38.7 Å². The van der Waals surface area contributed by atoms with Crippen LogP contribution in [0.1, 0.15) is 37.0 Å². The van der Waals surface area contributed by atoms with Crippen molar-refractivity contribution >= 4 is 11.9 Å². The van der Waals surface area contributed by atoms with Crippen LogP contribution in [-0.2, 0) is 9.53 Å². The third kappa shape index (κ3) is 5.27. The minimum atomic E-state index is -0.613. The van der Waals surface area contributed by atoms with Gasteiger partial charge in [-0.05, 0) is 25.5 Å². The summed E-state index contributed by atoms with van der Waals surface area (Å²) in [6.07, 6.45) is 1.86. The van der Waals surface area contributed by atoms with Crippen molar-refractivity contribution in [3.63, 3.8) is 0 Å². The summed E-state index contributed by atoms with van der Waals surface area (Å²) in [7, 11) is 2.97. The van der Waals surface area contributed by atoms with E-state index in [0.717, 1.165) is 12.8 Å². The zero-order valence-corrected chi connectivity index (χ0v) is 13.5. The average molecular weight is 309 g/mol. The molecule has 0 aliphatic heterocycles. The number of benzene rings is 1. The number of esters is 1. The monoisotopic (exact) mass is 309 g/mol. The Balaban J connectivity index is 2.60. The topological polar surface area (TPSA) is 73.9 Å². The van der Waals surface area contributed by atoms with E-state index in [1.54, 1.807) is 12.1 Å². The fourth-order valence-electron chi connectivity index (χ4n) is 2.00. The number of amides is 1. The van der Waals surface area contributed by atoms with E-state index in [1.165, 1.54) is 20.3 Å². The Morgan fingerprint density at radius 3 is 2.55 bits per heavy atom. The van der Waals surface area contributed by atoms with E-state index in [-0.39, 0.29) is 24.1 Å². The Labute approximate surface area is 130 Å². The van der Waals surface area contributed by atoms with Crippen molar-refractivity contribution in [1.82, 2.24) is 5.32 Å². The van der Waals surface area contributed by atoms with E-state index in [9.17, 15) is 9.59 Å². The lowest BCUT2D eigenvalue weighted by molar-refractivity contribution is -0.124. The Hall–Kier alpha value is -2.24. The van der Waals surface area contributed by atoms with E-state index < -0.39 is 5.97 Å². The minimum absolute atomic E-state index is 0.0618. The molecule has 0 bridgehead atoms. The van der Waals surface area contributed by atoms with Gasteiger partial charge in [0.05, 0.1) is 14.2 Å². The van der Waals surface area contributed by atoms with Crippen LogP contribution in [0.15, 0.2) is 18.2 Å². The number of rotatable bonds is 8. The van der Waals surface area contributed by atoms with Crippen molar-refractivity contribution in [2.75, 3.05) is 20.8 Å². The fraction of sp³-hybridized carbons (Fsp3) is 0.500. The highest BCUT2D eigenvalue weighted by molar-refractivity contribution is 5.94. The molecule has 1 atom stereocenters. The second-order valence-electron chi connectivity index (χ2n) is 4.90. The van der Waals surface area contributed by atoms with E-state index in [2.05, 4.69) is 5.32 Å². The molecule has 22 heavy (non-hydrogen) atoms. The Morgan fingerprint density at radius 1 is 1.23 bits per heavy atom. The molecule has 0 heterocycles. The second-order valence-corrected chi connectivity index (χ2v) is 4.90. The predicted molar refractivity (Wildman–Crippen MR) is 82.3 cm³/mol. The van der Waals surface area contributed by atoms with E-state index in [1.807, 2.05) is 13.8 Å². The first kappa shape index (κ1) is 17.8. The van der Waals surface area contributed by atoms with Gasteiger partial charge in [-0.1, -0.05) is 13.3 Å². The molecule has 1 aromatic carbocycles. The van der Waals surface area contributed by atoms with Crippen LogP contribution in [0.3, 0.4) is 0 Å². The van der Waals surface area contributed by atoms with Crippen LogP contribution in [0.5, 0.6) is 11.5 Å². The molecule has 1 N–H and O–H groups in total. The van der Waals surface area contributed by atoms with Crippen molar-refractivity contribution in [3.05, 3.63) is 23.8 Å². The number of carbonyl (C=O) groups is 2. The Morgan fingerprint density at radius 2 is 1.95 bits per heavy atom. The van der Waals surface area contributed by atoms with E-state index in [0.29, 0.717) is 11.5 Å². The maximum atomic E-state index is 12.0. The molecule has 0 radical (unpaired) electrons. The molecule has 1 unspecified atom stereocenters. The van der Waals surface area contributed by atoms with Gasteiger partial charge < -0.3 is 19.5 Å². The van der Waals surface area contributed by atoms with Crippen LogP contribution in [0.25, 0.3) is 0 Å². The molecule has 1 aromatic rings. The molecule has 0 saturated carbocycles. The first-order chi connectivity index (χ1) is 10.5. The van der Waals surface area contributed by atoms with Crippen LogP contribution < -0.4 is 14.8 Å². The van der Waals surface area contributed by atoms with Gasteiger partial charge in [0.2, 0.25) is 0 Å². The normalized spacial score (nSPS) is 11.5. The maximum Gasteiger partial charge on any atom is 0.342 e. The van der Waals surface area contributed by atoms with Gasteiger partial charge in [0.1, 0.15) is 17.1 Å². The number of nitrogens with one attached hydrogen (secondary N) is 1. The van der Waals surface area contributed by atoms with Gasteiger partial charge in [0.25, 0.3) is 5.91 Å². The van der Waals surface area contributed by atoms with Gasteiger partial charge in [0, 0.05) is 12.1 Å². The summed E-state index contributed by atoms with van der Waals surface area (Å²) >= 11 is 0. The molecule has 1 amide bonds. The third-order valence-electron chi connectivity index (χ3n) is 3.09. The van der Waals surface area contributed by atoms with Crippen LogP contribution in [0.4, 0.5) is 0 Å². The molecule has 0 fully saturated rings. The van der Waals surface area contributed by atoms with Crippen molar-refractivity contribution in [1.29, 1.82) is 0 Å². The average Bonchev–Trinajstić information content (AvgIpc) is 2.52. The summed E-state index contributed by atoms with van der Waals surface area (Å²) in [5.41, 5.74) is 0.248. The molecule has 0 saturated heterocycles. The van der Waals surface area contributed by atoms with Crippen molar-refractivity contribution in [2.45, 2.75) is 32.7 Å². The van der Waals surface area contributed by atoms with Gasteiger partial charge in [-0.3, -0.25) is 4.79 Å². The van der Waals surface area contributed by atoms with Crippen LogP contribution in [0, 0.1) is 0 Å². The summed E-state index contributed by atoms with van der Waals surface area (Å²) < 4.78 is 15.2. The first-order valence-corrected chi connectivity index (χ1v) is 7.20. The summed E-state index contributed by atoms with van der Waals surface area (Å²) in [5, 5.41) is 2.77. The van der Waals surface area contributed by atoms with Gasteiger partial charge in [0.15, 0.2) is 6.61 Å². The lowest BCUT2D eigenvalue weighted by atomic mass is 10.2. The van der Waals surface area contributed by atoms with E-state index >= 15 is 0 Å². The maximum absolute atomic E-state index is 12.0. The third-order valence-corrected chi connectivity index (χ3v) is 3.09. The largest absolute Gasteiger partial charge is 0.497 e. The second kappa shape index (κ2) is 8.92. The summed E-state index contributed by atoms with van der Waals surface area (Å²) in [6.45, 7) is 3.64. The predicted octanol–water partition coefficient (Wildman–Crippen LogP) is 2.17. The number of ether oxygens (including phenoxy) is 3. The zero-order chi connectivity index (χ0) is 16.5. The highest BCUT2D eigenvalue weighted by atomic mass is 16.5. The lowest BCUT2D eigenvalue weighted by Gasteiger charge is -2.13. The van der Waals surface area contributed by atoms with Crippen molar-refractivity contribution in [3.8, 4) is 11.5 Å². The summed E-state index contributed by atoms with van der Waals surface area (Å²) in [5.74, 6) is -0.0248. The molecule has 6 heteroatoms. The molecule has 122 valence electrons. The number of carbonyl (C=O) groups excluding carboxylic acids is 2. The number of hydrogen-bond acceptors (Lipinski definition) is 5. The number of methoxy groups -OCH3 is 2. The molecule has 1 rings (SSSR count). The highest BCUT2D eigenvalue weighted by Gasteiger charge is 2.16. The number of hydrogen-bond donors (Lipinski definition) is 1. The molecule has 0 aromatic heterocycles. The zero-order valence-electron chi connectivity index (χ0n) is 13.5. The van der Waals surface area contributed by atoms with Crippen molar-refractivity contribution in [2.24, 2.45) is 0 Å². The van der Waals surface area contributed by atoms with Gasteiger partial charge in [-0.2, -0.15) is 0 Å². The Kier molecular flexibility index (Phi) is 7.22. The van der Waals surface area contributed by atoms with Gasteiger partial charge in [-0.25, -0.2) is 4.79 Å². The molecular weight excluding hydrogens is 286 g/mol. The molecule has 0 aliphatic carbocycles. The first-order valence-electron chi connectivity index (χ1n) is 7.20. The standard InChI is InChI=1S/C16H23NO5/c1-5-6-11(2)17-15(18)10-22-16(19)13-8-7-12(20-3)9-14(13)21-4/h7-9,11H,5-6,10H2,1-4H3,(H,17,18). The fourth-order valence-corrected chi connectivity index (χ4v) is 2.00. The molecule has 0 spiro atoms. The summed E-state index contributed by atoms with van der Waals surface area (Å²) in [4.78, 5) is 23.7. The SMILES string of the molecule is CCCC(C)NC(=O)COC(=O)c1ccc(OC)cc1OC. The van der Waals surface area contributed by atoms with Gasteiger partial charge >= 0.3 is 5.97 Å². The van der Waals surface area contributed by atoms with Crippen LogP contribution in [0.2, 0.25) is 0 Å². The van der Waals surface area contributed by atoms with Crippen LogP contribution >= 0.6 is 0 Å². The van der Waals surface area contributed by atoms with Crippen molar-refractivity contribution < 1.29 is 23.8 Å². The minimum Gasteiger partial charge on any atom is -0.497 e. The smallest absolute Gasteiger partial charge is 0.342 e.